The fourth-order valence-corrected chi connectivity index (χ4v) is 4.17. The molecule has 1 N–H and O–H groups in total. The van der Waals surface area contributed by atoms with E-state index in [4.69, 9.17) is 4.74 Å². The number of benzene rings is 1. The molecule has 1 aromatic carbocycles. The van der Waals surface area contributed by atoms with Crippen molar-refractivity contribution in [2.45, 2.75) is 25.3 Å². The van der Waals surface area contributed by atoms with Crippen LogP contribution in [0.4, 0.5) is 0 Å². The molecule has 1 aromatic rings. The zero-order valence-electron chi connectivity index (χ0n) is 16.0. The maximum atomic E-state index is 12.3. The highest BCUT2D eigenvalue weighted by Crippen LogP contribution is 2.31. The van der Waals surface area contributed by atoms with Crippen LogP contribution in [0.25, 0.3) is 6.08 Å². The second-order valence-corrected chi connectivity index (χ2v) is 7.28. The number of nitrogens with one attached hydrogen (secondary N) is 1. The number of likely N-dealkylation sites (tertiary alicyclic amines) is 2. The molecule has 5 nitrogen and oxygen atoms in total. The number of carbonyl (C=O) groups is 1. The average Bonchev–Trinajstić information content (AvgIpc) is 2.68. The van der Waals surface area contributed by atoms with Gasteiger partial charge in [0.1, 0.15) is 5.75 Å². The van der Waals surface area contributed by atoms with Gasteiger partial charge < -0.3 is 15.0 Å². The molecule has 0 bridgehead atoms. The van der Waals surface area contributed by atoms with Crippen molar-refractivity contribution >= 4 is 12.0 Å². The van der Waals surface area contributed by atoms with Crippen LogP contribution in [-0.4, -0.2) is 68.6 Å². The lowest BCUT2D eigenvalue weighted by atomic mass is 9.83. The van der Waals surface area contributed by atoms with Crippen molar-refractivity contribution in [2.24, 2.45) is 5.92 Å². The summed E-state index contributed by atoms with van der Waals surface area (Å²) in [6.45, 7) is 4.86. The van der Waals surface area contributed by atoms with E-state index in [2.05, 4.69) is 39.4 Å². The summed E-state index contributed by atoms with van der Waals surface area (Å²) in [4.78, 5) is 16.9. The molecule has 2 fully saturated rings. The van der Waals surface area contributed by atoms with E-state index in [1.807, 2.05) is 19.2 Å². The normalized spacial score (nSPS) is 24.1. The zero-order chi connectivity index (χ0) is 18.4. The Balaban J connectivity index is 1.51. The lowest BCUT2D eigenvalue weighted by Crippen LogP contribution is -2.57. The van der Waals surface area contributed by atoms with E-state index >= 15 is 0 Å². The van der Waals surface area contributed by atoms with Crippen LogP contribution in [0.3, 0.4) is 0 Å². The van der Waals surface area contributed by atoms with Crippen molar-refractivity contribution in [3.63, 3.8) is 0 Å². The Morgan fingerprint density at radius 3 is 2.81 bits per heavy atom. The van der Waals surface area contributed by atoms with Gasteiger partial charge in [-0.3, -0.25) is 9.69 Å². The molecular weight excluding hydrogens is 326 g/mol. The number of hydrogen-bond donors (Lipinski definition) is 1. The molecule has 2 heterocycles. The Kier molecular flexibility index (Phi) is 6.69. The molecule has 0 aromatic heterocycles. The van der Waals surface area contributed by atoms with E-state index in [0.29, 0.717) is 24.3 Å². The van der Waals surface area contributed by atoms with Crippen LogP contribution >= 0.6 is 0 Å². The highest BCUT2D eigenvalue weighted by Gasteiger charge is 2.38. The Labute approximate surface area is 157 Å². The van der Waals surface area contributed by atoms with Gasteiger partial charge in [0.15, 0.2) is 0 Å². The van der Waals surface area contributed by atoms with Crippen molar-refractivity contribution in [3.05, 3.63) is 35.9 Å². The van der Waals surface area contributed by atoms with Crippen molar-refractivity contribution in [1.29, 1.82) is 0 Å². The summed E-state index contributed by atoms with van der Waals surface area (Å²) in [6.07, 6.45) is 7.26. The predicted octanol–water partition coefficient (Wildman–Crippen LogP) is 2.24. The van der Waals surface area contributed by atoms with Crippen LogP contribution in [0.5, 0.6) is 5.75 Å². The first-order valence-corrected chi connectivity index (χ1v) is 9.68. The standard InChI is InChI=1S/C21H31N3O2/c1-22-12-15-24-20-11-14-23(16-18(20)7-10-21(24)25)13-3-4-17-5-8-19(26-2)9-6-17/h3-6,8-9,18,20,22H,7,10-16H2,1-2H3. The number of piperidine rings is 2. The summed E-state index contributed by atoms with van der Waals surface area (Å²) >= 11 is 0. The fourth-order valence-electron chi connectivity index (χ4n) is 4.17. The fraction of sp³-hybridized carbons (Fsp3) is 0.571. The topological polar surface area (TPSA) is 44.8 Å². The zero-order valence-corrected chi connectivity index (χ0v) is 16.0. The Bertz CT molecular complexity index is 614. The lowest BCUT2D eigenvalue weighted by Gasteiger charge is -2.47. The minimum Gasteiger partial charge on any atom is -0.497 e. The molecule has 5 heteroatoms. The number of fused-ring (bicyclic) bond motifs is 1. The van der Waals surface area contributed by atoms with Gasteiger partial charge in [0, 0.05) is 45.2 Å². The largest absolute Gasteiger partial charge is 0.497 e. The highest BCUT2D eigenvalue weighted by molar-refractivity contribution is 5.77. The molecule has 1 amide bonds. The number of amides is 1. The number of ether oxygens (including phenoxy) is 1. The molecule has 2 aliphatic heterocycles. The first-order chi connectivity index (χ1) is 12.7. The third kappa shape index (κ3) is 4.65. The van der Waals surface area contributed by atoms with Crippen LogP contribution < -0.4 is 10.1 Å². The Hall–Kier alpha value is -1.85. The number of methoxy groups -OCH3 is 1. The van der Waals surface area contributed by atoms with E-state index in [-0.39, 0.29) is 0 Å². The van der Waals surface area contributed by atoms with Gasteiger partial charge in [-0.15, -0.1) is 0 Å². The van der Waals surface area contributed by atoms with E-state index in [1.165, 1.54) is 5.56 Å². The molecule has 0 saturated carbocycles. The maximum Gasteiger partial charge on any atom is 0.222 e. The molecule has 3 rings (SSSR count). The minimum atomic E-state index is 0.342. The molecule has 142 valence electrons. The third-order valence-electron chi connectivity index (χ3n) is 5.62. The van der Waals surface area contributed by atoms with E-state index in [1.54, 1.807) is 7.11 Å². The maximum absolute atomic E-state index is 12.3. The van der Waals surface area contributed by atoms with Crippen molar-refractivity contribution in [2.75, 3.05) is 46.9 Å². The van der Waals surface area contributed by atoms with Crippen LogP contribution in [0.1, 0.15) is 24.8 Å². The summed E-state index contributed by atoms with van der Waals surface area (Å²) in [5.74, 6) is 1.85. The van der Waals surface area contributed by atoms with Crippen molar-refractivity contribution in [3.8, 4) is 5.75 Å². The van der Waals surface area contributed by atoms with Crippen LogP contribution in [-0.2, 0) is 4.79 Å². The SMILES string of the molecule is CNCCN1C(=O)CCC2CN(CC=Cc3ccc(OC)cc3)CCC21. The van der Waals surface area contributed by atoms with Gasteiger partial charge in [0.05, 0.1) is 7.11 Å². The van der Waals surface area contributed by atoms with Crippen LogP contribution in [0.15, 0.2) is 30.3 Å². The second kappa shape index (κ2) is 9.19. The first kappa shape index (κ1) is 18.9. The summed E-state index contributed by atoms with van der Waals surface area (Å²) in [5.41, 5.74) is 1.20. The summed E-state index contributed by atoms with van der Waals surface area (Å²) in [7, 11) is 3.64. The summed E-state index contributed by atoms with van der Waals surface area (Å²) in [5, 5.41) is 3.17. The van der Waals surface area contributed by atoms with Crippen molar-refractivity contribution < 1.29 is 9.53 Å². The summed E-state index contributed by atoms with van der Waals surface area (Å²) < 4.78 is 5.20. The number of nitrogens with zero attached hydrogens (tertiary/aromatic N) is 2. The first-order valence-electron chi connectivity index (χ1n) is 9.68. The van der Waals surface area contributed by atoms with E-state index in [9.17, 15) is 4.79 Å². The van der Waals surface area contributed by atoms with Crippen LogP contribution in [0, 0.1) is 5.92 Å². The average molecular weight is 357 g/mol. The molecule has 0 radical (unpaired) electrons. The molecule has 0 aliphatic carbocycles. The molecule has 2 saturated heterocycles. The van der Waals surface area contributed by atoms with Gasteiger partial charge in [-0.05, 0) is 43.5 Å². The quantitative estimate of drug-likeness (QED) is 0.813. The number of rotatable bonds is 7. The summed E-state index contributed by atoms with van der Waals surface area (Å²) in [6, 6.07) is 8.57. The van der Waals surface area contributed by atoms with Gasteiger partial charge in [0.25, 0.3) is 0 Å². The van der Waals surface area contributed by atoms with Gasteiger partial charge >= 0.3 is 0 Å². The predicted molar refractivity (Wildman–Crippen MR) is 105 cm³/mol. The van der Waals surface area contributed by atoms with Gasteiger partial charge in [-0.1, -0.05) is 24.3 Å². The molecule has 2 aliphatic rings. The van der Waals surface area contributed by atoms with Gasteiger partial charge in [-0.25, -0.2) is 0 Å². The van der Waals surface area contributed by atoms with Gasteiger partial charge in [-0.2, -0.15) is 0 Å². The minimum absolute atomic E-state index is 0.342. The molecule has 2 atom stereocenters. The van der Waals surface area contributed by atoms with Crippen molar-refractivity contribution in [1.82, 2.24) is 15.1 Å². The monoisotopic (exact) mass is 357 g/mol. The Morgan fingerprint density at radius 2 is 2.08 bits per heavy atom. The number of carbonyl (C=O) groups excluding carboxylic acids is 1. The second-order valence-electron chi connectivity index (χ2n) is 7.28. The highest BCUT2D eigenvalue weighted by atomic mass is 16.5. The molecule has 0 spiro atoms. The number of hydrogen-bond acceptors (Lipinski definition) is 4. The third-order valence-corrected chi connectivity index (χ3v) is 5.62. The Morgan fingerprint density at radius 1 is 1.27 bits per heavy atom. The molecule has 2 unspecified atom stereocenters. The van der Waals surface area contributed by atoms with Crippen LogP contribution in [0.2, 0.25) is 0 Å². The van der Waals surface area contributed by atoms with E-state index < -0.39 is 0 Å². The smallest absolute Gasteiger partial charge is 0.222 e. The van der Waals surface area contributed by atoms with E-state index in [0.717, 1.165) is 51.3 Å². The molecular formula is C21H31N3O2. The molecule has 26 heavy (non-hydrogen) atoms. The number of likely N-dealkylation sites (N-methyl/N-ethyl adjacent to an activating group) is 1. The van der Waals surface area contributed by atoms with Gasteiger partial charge in [0.2, 0.25) is 5.91 Å². The lowest BCUT2D eigenvalue weighted by molar-refractivity contribution is -0.140.